The van der Waals surface area contributed by atoms with Crippen LogP contribution in [0.15, 0.2) is 48.6 Å². The maximum absolute atomic E-state index is 12.8. The number of aliphatic hydroxyl groups excluding tert-OH is 1. The number of carbonyl (C=O) groups is 1. The third-order valence-electron chi connectivity index (χ3n) is 9.38. The molecule has 0 saturated heterocycles. The Bertz CT molecular complexity index is 970. The zero-order chi connectivity index (χ0) is 38.9. The molecule has 0 rings (SSSR count). The van der Waals surface area contributed by atoms with Gasteiger partial charge in [0.1, 0.15) is 0 Å². The Labute approximate surface area is 326 Å². The lowest BCUT2D eigenvalue weighted by Crippen LogP contribution is -2.45. The van der Waals surface area contributed by atoms with Crippen molar-refractivity contribution < 1.29 is 28.4 Å². The van der Waals surface area contributed by atoms with E-state index in [1.54, 1.807) is 6.08 Å². The second kappa shape index (κ2) is 40.1. The van der Waals surface area contributed by atoms with E-state index >= 15 is 0 Å². The number of phosphoric acid groups is 1. The highest BCUT2D eigenvalue weighted by atomic mass is 31.2. The Kier molecular flexibility index (Phi) is 39.0. The second-order valence-electron chi connectivity index (χ2n) is 14.5. The quantitative estimate of drug-likeness (QED) is 0.0277. The van der Waals surface area contributed by atoms with Crippen molar-refractivity contribution in [1.82, 2.24) is 5.32 Å². The maximum Gasteiger partial charge on any atom is 0.472 e. The van der Waals surface area contributed by atoms with Crippen molar-refractivity contribution in [1.29, 1.82) is 0 Å². The van der Waals surface area contributed by atoms with E-state index in [9.17, 15) is 19.4 Å². The minimum Gasteiger partial charge on any atom is -0.387 e. The normalized spacial score (nSPS) is 14.6. The van der Waals surface area contributed by atoms with E-state index in [2.05, 4.69) is 55.6 Å². The Morgan fingerprint density at radius 2 is 1.06 bits per heavy atom. The summed E-state index contributed by atoms with van der Waals surface area (Å²) in [5.41, 5.74) is 5.37. The lowest BCUT2D eigenvalue weighted by molar-refractivity contribution is -0.123. The molecule has 0 aromatic heterocycles. The van der Waals surface area contributed by atoms with Crippen molar-refractivity contribution in [2.45, 2.75) is 206 Å². The van der Waals surface area contributed by atoms with Gasteiger partial charge in [0.25, 0.3) is 0 Å². The highest BCUT2D eigenvalue weighted by Gasteiger charge is 2.26. The first kappa shape index (κ1) is 51.5. The monoisotopic (exact) mass is 767 g/mol. The molecule has 0 aromatic carbocycles. The average Bonchev–Trinajstić information content (AvgIpc) is 3.14. The number of hydrogen-bond acceptors (Lipinski definition) is 6. The van der Waals surface area contributed by atoms with Gasteiger partial charge in [-0.1, -0.05) is 172 Å². The third kappa shape index (κ3) is 38.5. The topological polar surface area (TPSA) is 131 Å². The van der Waals surface area contributed by atoms with Crippen molar-refractivity contribution in [2.75, 3.05) is 19.8 Å². The highest BCUT2D eigenvalue weighted by molar-refractivity contribution is 7.47. The zero-order valence-electron chi connectivity index (χ0n) is 34.2. The highest BCUT2D eigenvalue weighted by Crippen LogP contribution is 2.43. The van der Waals surface area contributed by atoms with E-state index in [0.29, 0.717) is 6.42 Å². The molecule has 0 bridgehead atoms. The number of nitrogens with one attached hydrogen (secondary N) is 1. The van der Waals surface area contributed by atoms with Gasteiger partial charge in [-0.25, -0.2) is 4.57 Å². The fourth-order valence-electron chi connectivity index (χ4n) is 6.06. The summed E-state index contributed by atoms with van der Waals surface area (Å²) < 4.78 is 22.1. The lowest BCUT2D eigenvalue weighted by Gasteiger charge is -2.23. The molecule has 0 fully saturated rings. The van der Waals surface area contributed by atoms with Crippen LogP contribution in [0.4, 0.5) is 0 Å². The van der Waals surface area contributed by atoms with Crippen LogP contribution in [-0.4, -0.2) is 47.8 Å². The first-order valence-corrected chi connectivity index (χ1v) is 23.3. The summed E-state index contributed by atoms with van der Waals surface area (Å²) in [6.45, 7) is 4.08. The van der Waals surface area contributed by atoms with E-state index in [1.165, 1.54) is 128 Å². The Hall–Kier alpha value is -1.54. The molecule has 0 aliphatic carbocycles. The molecule has 3 unspecified atom stereocenters. The van der Waals surface area contributed by atoms with Crippen LogP contribution >= 0.6 is 7.82 Å². The number of nitrogens with two attached hydrogens (primary N) is 1. The van der Waals surface area contributed by atoms with Gasteiger partial charge in [0.15, 0.2) is 0 Å². The molecule has 9 heteroatoms. The number of amides is 1. The summed E-state index contributed by atoms with van der Waals surface area (Å²) in [7, 11) is -4.35. The minimum atomic E-state index is -4.35. The molecule has 0 radical (unpaired) electrons. The Morgan fingerprint density at radius 3 is 1.60 bits per heavy atom. The molecule has 3 atom stereocenters. The standard InChI is InChI=1S/C44H83N2O6P/c1-3-5-7-9-11-13-15-17-19-20-21-22-24-26-28-30-32-34-36-38-44(48)46-42(41-52-53(49,50)51-40-39-45)43(47)37-35-33-31-29-27-25-23-18-16-14-12-10-8-6-4-2/h11,13,17,19,27,29,35,37,42-43,47H,3-10,12,14-16,18,20-26,28,30-34,36,38-41,45H2,1-2H3,(H,46,48)(H,49,50)/b13-11-,19-17-,29-27+,37-35+. The fourth-order valence-corrected chi connectivity index (χ4v) is 6.82. The van der Waals surface area contributed by atoms with Crippen molar-refractivity contribution >= 4 is 13.7 Å². The minimum absolute atomic E-state index is 0.0721. The molecule has 0 aliphatic heterocycles. The van der Waals surface area contributed by atoms with Gasteiger partial charge < -0.3 is 21.1 Å². The summed E-state index contributed by atoms with van der Waals surface area (Å²) in [5.74, 6) is -0.210. The molecule has 0 heterocycles. The van der Waals surface area contributed by atoms with Gasteiger partial charge in [0.2, 0.25) is 5.91 Å². The number of unbranched alkanes of at least 4 members (excludes halogenated alkanes) is 22. The third-order valence-corrected chi connectivity index (χ3v) is 10.4. The van der Waals surface area contributed by atoms with Crippen LogP contribution in [0.25, 0.3) is 0 Å². The SMILES string of the molecule is CCCCC/C=C\C/C=C\CCCCCCCCCCCC(=O)NC(COP(=O)(O)OCCN)C(O)/C=C/CC/C=C/CCCCCCCCCCC. The van der Waals surface area contributed by atoms with E-state index in [4.69, 9.17) is 14.8 Å². The van der Waals surface area contributed by atoms with Crippen molar-refractivity contribution in [3.63, 3.8) is 0 Å². The van der Waals surface area contributed by atoms with Crippen LogP contribution in [0.1, 0.15) is 194 Å². The Morgan fingerprint density at radius 1 is 0.623 bits per heavy atom. The van der Waals surface area contributed by atoms with Gasteiger partial charge in [0.05, 0.1) is 25.4 Å². The van der Waals surface area contributed by atoms with Gasteiger partial charge in [-0.15, -0.1) is 0 Å². The molecular weight excluding hydrogens is 683 g/mol. The van der Waals surface area contributed by atoms with Crippen molar-refractivity contribution in [3.8, 4) is 0 Å². The molecular formula is C44H83N2O6P. The molecule has 0 aliphatic rings. The summed E-state index contributed by atoms with van der Waals surface area (Å²) in [6.07, 6.45) is 48.7. The maximum atomic E-state index is 12.8. The van der Waals surface area contributed by atoms with Gasteiger partial charge in [0, 0.05) is 13.0 Å². The molecule has 0 aromatic rings. The number of hydrogen-bond donors (Lipinski definition) is 4. The number of allylic oxidation sites excluding steroid dienone is 7. The predicted molar refractivity (Wildman–Crippen MR) is 226 cm³/mol. The van der Waals surface area contributed by atoms with Crippen LogP contribution in [-0.2, 0) is 18.4 Å². The van der Waals surface area contributed by atoms with E-state index in [-0.39, 0.29) is 25.7 Å². The molecule has 1 amide bonds. The van der Waals surface area contributed by atoms with Gasteiger partial charge in [-0.3, -0.25) is 13.8 Å². The largest absolute Gasteiger partial charge is 0.472 e. The van der Waals surface area contributed by atoms with Crippen LogP contribution in [0.5, 0.6) is 0 Å². The summed E-state index contributed by atoms with van der Waals surface area (Å²) in [4.78, 5) is 22.7. The van der Waals surface area contributed by atoms with E-state index in [0.717, 1.165) is 44.9 Å². The average molecular weight is 767 g/mol. The lowest BCUT2D eigenvalue weighted by atomic mass is 10.1. The van der Waals surface area contributed by atoms with Crippen LogP contribution in [0.2, 0.25) is 0 Å². The van der Waals surface area contributed by atoms with Crippen molar-refractivity contribution in [3.05, 3.63) is 48.6 Å². The molecule has 310 valence electrons. The summed E-state index contributed by atoms with van der Waals surface area (Å²) in [5, 5.41) is 13.6. The first-order chi connectivity index (χ1) is 25.9. The van der Waals surface area contributed by atoms with Crippen LogP contribution < -0.4 is 11.1 Å². The molecule has 0 saturated carbocycles. The predicted octanol–water partition coefficient (Wildman–Crippen LogP) is 12.1. The summed E-state index contributed by atoms with van der Waals surface area (Å²) in [6, 6.07) is -0.879. The molecule has 0 spiro atoms. The molecule has 8 nitrogen and oxygen atoms in total. The fraction of sp³-hybridized carbons (Fsp3) is 0.795. The van der Waals surface area contributed by atoms with Crippen molar-refractivity contribution in [2.24, 2.45) is 5.73 Å². The first-order valence-electron chi connectivity index (χ1n) is 21.8. The van der Waals surface area contributed by atoms with Crippen LogP contribution in [0.3, 0.4) is 0 Å². The number of phosphoric ester groups is 1. The number of rotatable bonds is 40. The zero-order valence-corrected chi connectivity index (χ0v) is 35.1. The molecule has 5 N–H and O–H groups in total. The van der Waals surface area contributed by atoms with E-state index < -0.39 is 20.0 Å². The van der Waals surface area contributed by atoms with Crippen LogP contribution in [0, 0.1) is 0 Å². The smallest absolute Gasteiger partial charge is 0.387 e. The van der Waals surface area contributed by atoms with Gasteiger partial charge in [-0.05, 0) is 64.2 Å². The second-order valence-corrected chi connectivity index (χ2v) is 16.0. The summed E-state index contributed by atoms with van der Waals surface area (Å²) >= 11 is 0. The van der Waals surface area contributed by atoms with E-state index in [1.807, 2.05) is 6.08 Å². The van der Waals surface area contributed by atoms with Gasteiger partial charge in [-0.2, -0.15) is 0 Å². The Balaban J connectivity index is 4.26. The molecule has 53 heavy (non-hydrogen) atoms. The number of carbonyl (C=O) groups excluding carboxylic acids is 1. The van der Waals surface area contributed by atoms with Gasteiger partial charge >= 0.3 is 7.82 Å². The number of aliphatic hydroxyl groups is 1.